The third-order valence-corrected chi connectivity index (χ3v) is 1.12. The molecule has 0 aliphatic carbocycles. The van der Waals surface area contributed by atoms with Crippen molar-refractivity contribution in [3.63, 3.8) is 0 Å². The molecule has 74 valence electrons. The Morgan fingerprint density at radius 2 is 1.62 bits per heavy atom. The molecule has 0 bridgehead atoms. The highest BCUT2D eigenvalue weighted by atomic mass is 31.2. The van der Waals surface area contributed by atoms with Crippen LogP contribution in [-0.2, 0) is 4.57 Å². The Bertz CT molecular complexity index is 263. The van der Waals surface area contributed by atoms with Crippen LogP contribution in [0.25, 0.3) is 0 Å². The average molecular weight is 205 g/mol. The summed E-state index contributed by atoms with van der Waals surface area (Å²) < 4.78 is 8.77. The van der Waals surface area contributed by atoms with Gasteiger partial charge in [-0.1, -0.05) is 17.7 Å². The lowest BCUT2D eigenvalue weighted by Gasteiger charge is -2.01. The summed E-state index contributed by atoms with van der Waals surface area (Å²) in [5, 5.41) is 0. The number of benzene rings is 1. The number of aryl methyl sites for hydroxylation is 1. The van der Waals surface area contributed by atoms with Gasteiger partial charge in [0.25, 0.3) is 7.82 Å². The van der Waals surface area contributed by atoms with Gasteiger partial charge in [-0.15, -0.1) is 0 Å². The van der Waals surface area contributed by atoms with Gasteiger partial charge in [0.1, 0.15) is 5.69 Å². The summed E-state index contributed by atoms with van der Waals surface area (Å²) in [5.74, 6) is 0. The molecule has 0 unspecified atom stereocenters. The summed E-state index contributed by atoms with van der Waals surface area (Å²) >= 11 is 0. The molecule has 13 heavy (non-hydrogen) atoms. The topological polar surface area (TPSA) is 108 Å². The predicted molar refractivity (Wildman–Crippen MR) is 45.8 cm³/mol. The summed E-state index contributed by atoms with van der Waals surface area (Å²) in [5.41, 5.74) is 6.13. The molecular formula is C7H12NO4P. The Kier molecular flexibility index (Phi) is 4.83. The van der Waals surface area contributed by atoms with Crippen LogP contribution in [-0.4, -0.2) is 9.79 Å². The summed E-state index contributed by atoms with van der Waals surface area (Å²) in [6.07, 6.45) is 0. The number of hydrogen-bond acceptors (Lipinski definition) is 2. The van der Waals surface area contributed by atoms with E-state index in [1.54, 1.807) is 0 Å². The molecule has 5 nitrogen and oxygen atoms in total. The number of hydrogen-bond donors (Lipinski definition) is 3. The summed E-state index contributed by atoms with van der Waals surface area (Å²) in [4.78, 5) is 22.9. The highest BCUT2D eigenvalue weighted by Gasteiger charge is 1.83. The fourth-order valence-corrected chi connectivity index (χ4v) is 0.588. The van der Waals surface area contributed by atoms with Crippen LogP contribution in [0, 0.1) is 6.92 Å². The molecule has 1 aromatic carbocycles. The number of rotatable bonds is 0. The molecule has 0 saturated heterocycles. The molecule has 1 rings (SSSR count). The van der Waals surface area contributed by atoms with Gasteiger partial charge in [-0.2, -0.15) is 0 Å². The van der Waals surface area contributed by atoms with Crippen molar-refractivity contribution in [1.82, 2.24) is 0 Å². The normalized spacial score (nSPS) is 10.2. The zero-order valence-corrected chi connectivity index (χ0v) is 8.07. The zero-order valence-electron chi connectivity index (χ0n) is 7.17. The van der Waals surface area contributed by atoms with Crippen LogP contribution >= 0.6 is 7.82 Å². The highest BCUT2D eigenvalue weighted by molar-refractivity contribution is 7.43. The number of quaternary nitrogens is 1. The molecule has 1 aromatic rings. The van der Waals surface area contributed by atoms with Crippen LogP contribution in [0.1, 0.15) is 5.56 Å². The van der Waals surface area contributed by atoms with E-state index >= 15 is 0 Å². The van der Waals surface area contributed by atoms with Crippen LogP contribution in [0.15, 0.2) is 24.3 Å². The van der Waals surface area contributed by atoms with Crippen molar-refractivity contribution < 1.29 is 25.0 Å². The molecule has 6 heteroatoms. The molecule has 0 radical (unpaired) electrons. The minimum Gasteiger partial charge on any atom is -0.756 e. The lowest BCUT2D eigenvalue weighted by Crippen LogP contribution is -2.39. The maximum absolute atomic E-state index is 8.77. The van der Waals surface area contributed by atoms with Crippen LogP contribution in [0.2, 0.25) is 0 Å². The number of phosphoric acid groups is 1. The monoisotopic (exact) mass is 205 g/mol. The van der Waals surface area contributed by atoms with E-state index in [0.717, 1.165) is 5.69 Å². The van der Waals surface area contributed by atoms with Crippen LogP contribution in [0.3, 0.4) is 0 Å². The van der Waals surface area contributed by atoms with E-state index < -0.39 is 7.82 Å². The van der Waals surface area contributed by atoms with Crippen LogP contribution < -0.4 is 10.6 Å². The van der Waals surface area contributed by atoms with E-state index in [1.165, 1.54) is 5.56 Å². The molecule has 0 saturated carbocycles. The second-order valence-electron chi connectivity index (χ2n) is 2.48. The van der Waals surface area contributed by atoms with Crippen molar-refractivity contribution in [3.8, 4) is 0 Å². The highest BCUT2D eigenvalue weighted by Crippen LogP contribution is 2.18. The van der Waals surface area contributed by atoms with Gasteiger partial charge in [-0.25, -0.2) is 0 Å². The SMILES string of the molecule is Cc1ccc([NH3+])cc1.O=P([O-])(O)O. The molecular weight excluding hydrogens is 193 g/mol. The van der Waals surface area contributed by atoms with E-state index in [-0.39, 0.29) is 0 Å². The Balaban J connectivity index is 0.000000252. The third kappa shape index (κ3) is 11.3. The Morgan fingerprint density at radius 1 is 1.31 bits per heavy atom. The predicted octanol–water partition coefficient (Wildman–Crippen LogP) is -0.692. The smallest absolute Gasteiger partial charge is 0.262 e. The molecule has 0 amide bonds. The molecule has 0 aliphatic heterocycles. The quantitative estimate of drug-likeness (QED) is 0.487. The molecule has 0 heterocycles. The Hall–Kier alpha value is -0.710. The molecule has 5 N–H and O–H groups in total. The summed E-state index contributed by atoms with van der Waals surface area (Å²) in [6.45, 7) is 2.07. The minimum atomic E-state index is -4.89. The van der Waals surface area contributed by atoms with E-state index in [9.17, 15) is 0 Å². The molecule has 0 spiro atoms. The van der Waals surface area contributed by atoms with E-state index in [2.05, 4.69) is 24.8 Å². The average Bonchev–Trinajstić information content (AvgIpc) is 1.92. The van der Waals surface area contributed by atoms with Crippen molar-refractivity contribution in [2.24, 2.45) is 0 Å². The first kappa shape index (κ1) is 12.3. The van der Waals surface area contributed by atoms with Gasteiger partial charge in [-0.3, -0.25) is 4.57 Å². The molecule has 0 aromatic heterocycles. The third-order valence-electron chi connectivity index (χ3n) is 1.12. The first-order valence-electron chi connectivity index (χ1n) is 3.44. The lowest BCUT2D eigenvalue weighted by atomic mass is 10.2. The lowest BCUT2D eigenvalue weighted by molar-refractivity contribution is -0.254. The van der Waals surface area contributed by atoms with E-state index in [1.807, 2.05) is 12.1 Å². The fraction of sp³-hybridized carbons (Fsp3) is 0.143. The first-order valence-corrected chi connectivity index (χ1v) is 4.97. The maximum Gasteiger partial charge on any atom is 0.262 e. The van der Waals surface area contributed by atoms with Crippen molar-refractivity contribution in [1.29, 1.82) is 0 Å². The van der Waals surface area contributed by atoms with Crippen LogP contribution in [0.4, 0.5) is 5.69 Å². The van der Waals surface area contributed by atoms with Crippen molar-refractivity contribution in [2.75, 3.05) is 0 Å². The van der Waals surface area contributed by atoms with Gasteiger partial charge in [0.15, 0.2) is 0 Å². The van der Waals surface area contributed by atoms with Crippen molar-refractivity contribution >= 4 is 13.5 Å². The largest absolute Gasteiger partial charge is 0.756 e. The van der Waals surface area contributed by atoms with Gasteiger partial charge in [0.05, 0.1) is 0 Å². The van der Waals surface area contributed by atoms with E-state index in [0.29, 0.717) is 0 Å². The fourth-order valence-electron chi connectivity index (χ4n) is 0.588. The van der Waals surface area contributed by atoms with Gasteiger partial charge >= 0.3 is 0 Å². The van der Waals surface area contributed by atoms with Gasteiger partial charge in [0, 0.05) is 0 Å². The molecule has 0 atom stereocenters. The zero-order chi connectivity index (χ0) is 10.5. The summed E-state index contributed by atoms with van der Waals surface area (Å²) in [6, 6.07) is 8.13. The standard InChI is InChI=1S/C7H9N.H3O4P/c1-6-2-4-7(8)5-3-6;1-5(2,3)4/h2-5H,8H2,1H3;(H3,1,2,3,4). The molecule has 0 fully saturated rings. The second-order valence-corrected chi connectivity index (χ2v) is 3.46. The first-order chi connectivity index (χ1) is 5.79. The van der Waals surface area contributed by atoms with E-state index in [4.69, 9.17) is 19.2 Å². The Labute approximate surface area is 76.1 Å². The minimum absolute atomic E-state index is 1.08. The van der Waals surface area contributed by atoms with Crippen molar-refractivity contribution in [2.45, 2.75) is 6.92 Å². The van der Waals surface area contributed by atoms with Gasteiger partial charge in [0.2, 0.25) is 0 Å². The van der Waals surface area contributed by atoms with Crippen LogP contribution in [0.5, 0.6) is 0 Å². The summed E-state index contributed by atoms with van der Waals surface area (Å²) in [7, 11) is -4.89. The second kappa shape index (κ2) is 5.11. The maximum atomic E-state index is 8.77. The van der Waals surface area contributed by atoms with Gasteiger partial charge in [-0.05, 0) is 19.1 Å². The Morgan fingerprint density at radius 3 is 1.85 bits per heavy atom. The van der Waals surface area contributed by atoms with Crippen molar-refractivity contribution in [3.05, 3.63) is 29.8 Å². The van der Waals surface area contributed by atoms with Gasteiger partial charge < -0.3 is 20.4 Å². The molecule has 0 aliphatic rings.